The zero-order chi connectivity index (χ0) is 14.6. The molecule has 1 aliphatic rings. The average molecular weight is 336 g/mol. The molecule has 0 atom stereocenters. The lowest BCUT2D eigenvalue weighted by Gasteiger charge is -2.20. The number of carbonyl (C=O) groups is 1. The van der Waals surface area contributed by atoms with E-state index in [1.54, 1.807) is 17.0 Å². The van der Waals surface area contributed by atoms with Crippen LogP contribution in [0.1, 0.15) is 30.6 Å². The third-order valence-electron chi connectivity index (χ3n) is 3.29. The summed E-state index contributed by atoms with van der Waals surface area (Å²) in [4.78, 5) is 14.5. The molecule has 0 bridgehead atoms. The van der Waals surface area contributed by atoms with Crippen molar-refractivity contribution < 1.29 is 13.2 Å². The third kappa shape index (κ3) is 4.75. The van der Waals surface area contributed by atoms with Crippen LogP contribution in [0.2, 0.25) is 4.34 Å². The molecule has 1 aliphatic heterocycles. The van der Waals surface area contributed by atoms with Crippen LogP contribution in [0.5, 0.6) is 0 Å². The van der Waals surface area contributed by atoms with Gasteiger partial charge in [-0.1, -0.05) is 24.4 Å². The van der Waals surface area contributed by atoms with Gasteiger partial charge in [0, 0.05) is 18.0 Å². The van der Waals surface area contributed by atoms with E-state index in [0.29, 0.717) is 22.3 Å². The molecule has 0 N–H and O–H groups in total. The predicted octanol–water partition coefficient (Wildman–Crippen LogP) is 2.72. The van der Waals surface area contributed by atoms with Crippen molar-refractivity contribution in [2.75, 3.05) is 18.8 Å². The molecule has 1 fully saturated rings. The molecule has 1 saturated heterocycles. The van der Waals surface area contributed by atoms with Gasteiger partial charge < -0.3 is 4.90 Å². The predicted molar refractivity (Wildman–Crippen MR) is 81.9 cm³/mol. The van der Waals surface area contributed by atoms with Gasteiger partial charge in [-0.15, -0.1) is 11.3 Å². The van der Waals surface area contributed by atoms with Crippen LogP contribution < -0.4 is 0 Å². The highest BCUT2D eigenvalue weighted by Crippen LogP contribution is 2.23. The van der Waals surface area contributed by atoms with Crippen LogP contribution in [0.4, 0.5) is 0 Å². The molecular formula is C13H18ClNO3S2. The molecule has 0 radical (unpaired) electrons. The minimum Gasteiger partial charge on any atom is -0.342 e. The highest BCUT2D eigenvalue weighted by Gasteiger charge is 2.23. The van der Waals surface area contributed by atoms with Gasteiger partial charge in [-0.25, -0.2) is 8.42 Å². The van der Waals surface area contributed by atoms with E-state index in [-0.39, 0.29) is 11.7 Å². The quantitative estimate of drug-likeness (QED) is 0.850. The van der Waals surface area contributed by atoms with Gasteiger partial charge >= 0.3 is 0 Å². The molecule has 0 aromatic carbocycles. The number of thiophene rings is 1. The van der Waals surface area contributed by atoms with E-state index in [1.807, 2.05) is 0 Å². The number of nitrogens with zero attached hydrogens (tertiary/aromatic N) is 1. The maximum atomic E-state index is 12.1. The first kappa shape index (κ1) is 15.8. The number of carbonyl (C=O) groups excluding carboxylic acids is 1. The molecular weight excluding hydrogens is 318 g/mol. The second-order valence-electron chi connectivity index (χ2n) is 5.03. The number of sulfone groups is 1. The smallest absolute Gasteiger partial charge is 0.237 e. The Balaban J connectivity index is 1.94. The van der Waals surface area contributed by atoms with Gasteiger partial charge in [-0.05, 0) is 25.0 Å². The molecule has 1 aromatic rings. The topological polar surface area (TPSA) is 54.5 Å². The number of halogens is 1. The van der Waals surface area contributed by atoms with Crippen molar-refractivity contribution in [1.82, 2.24) is 4.90 Å². The Morgan fingerprint density at radius 3 is 2.40 bits per heavy atom. The highest BCUT2D eigenvalue weighted by atomic mass is 35.5. The van der Waals surface area contributed by atoms with E-state index in [1.165, 1.54) is 11.3 Å². The van der Waals surface area contributed by atoms with Gasteiger partial charge in [0.05, 0.1) is 10.1 Å². The van der Waals surface area contributed by atoms with Crippen molar-refractivity contribution in [2.24, 2.45) is 0 Å². The fourth-order valence-electron chi connectivity index (χ4n) is 2.30. The second kappa shape index (κ2) is 6.91. The Labute approximate surface area is 128 Å². The lowest BCUT2D eigenvalue weighted by molar-refractivity contribution is -0.128. The summed E-state index contributed by atoms with van der Waals surface area (Å²) in [5.74, 6) is -0.776. The van der Waals surface area contributed by atoms with Crippen molar-refractivity contribution in [1.29, 1.82) is 0 Å². The average Bonchev–Trinajstić information content (AvgIpc) is 2.64. The molecule has 1 amide bonds. The Morgan fingerprint density at radius 1 is 1.20 bits per heavy atom. The summed E-state index contributed by atoms with van der Waals surface area (Å²) in [5, 5.41) is 0. The first-order chi connectivity index (χ1) is 9.46. The van der Waals surface area contributed by atoms with E-state index < -0.39 is 15.6 Å². The van der Waals surface area contributed by atoms with E-state index in [4.69, 9.17) is 11.6 Å². The summed E-state index contributed by atoms with van der Waals surface area (Å²) in [6.45, 7) is 1.36. The Hall–Kier alpha value is -0.590. The third-order valence-corrected chi connectivity index (χ3v) is 6.14. The standard InChI is InChI=1S/C13H18ClNO3S2/c14-12-6-5-11(19-12)9-20(17,18)10-13(16)15-7-3-1-2-4-8-15/h5-6H,1-4,7-10H2. The number of hydrogen-bond acceptors (Lipinski definition) is 4. The van der Waals surface area contributed by atoms with Gasteiger partial charge in [0.1, 0.15) is 5.75 Å². The first-order valence-corrected chi connectivity index (χ1v) is 9.70. The van der Waals surface area contributed by atoms with Gasteiger partial charge in [-0.3, -0.25) is 4.79 Å². The van der Waals surface area contributed by atoms with Crippen LogP contribution in [-0.4, -0.2) is 38.1 Å². The van der Waals surface area contributed by atoms with E-state index in [0.717, 1.165) is 25.7 Å². The Morgan fingerprint density at radius 2 is 1.85 bits per heavy atom. The number of likely N-dealkylation sites (tertiary alicyclic amines) is 1. The maximum Gasteiger partial charge on any atom is 0.237 e. The lowest BCUT2D eigenvalue weighted by atomic mass is 10.2. The zero-order valence-corrected chi connectivity index (χ0v) is 13.6. The fourth-order valence-corrected chi connectivity index (χ4v) is 5.14. The normalized spacial score (nSPS) is 16.9. The van der Waals surface area contributed by atoms with Crippen LogP contribution in [0.15, 0.2) is 12.1 Å². The molecule has 2 rings (SSSR count). The molecule has 0 spiro atoms. The monoisotopic (exact) mass is 335 g/mol. The molecule has 0 unspecified atom stereocenters. The van der Waals surface area contributed by atoms with Crippen molar-refractivity contribution in [2.45, 2.75) is 31.4 Å². The Kier molecular flexibility index (Phi) is 5.46. The summed E-state index contributed by atoms with van der Waals surface area (Å²) in [6.07, 6.45) is 4.16. The molecule has 4 nitrogen and oxygen atoms in total. The van der Waals surface area contributed by atoms with Crippen LogP contribution in [0, 0.1) is 0 Å². The van der Waals surface area contributed by atoms with E-state index >= 15 is 0 Å². The molecule has 112 valence electrons. The molecule has 2 heterocycles. The van der Waals surface area contributed by atoms with Crippen LogP contribution in [0.25, 0.3) is 0 Å². The van der Waals surface area contributed by atoms with Gasteiger partial charge in [0.2, 0.25) is 5.91 Å². The second-order valence-corrected chi connectivity index (χ2v) is 8.90. The molecule has 1 aromatic heterocycles. The summed E-state index contributed by atoms with van der Waals surface area (Å²) < 4.78 is 24.7. The minimum absolute atomic E-state index is 0.107. The van der Waals surface area contributed by atoms with Crippen molar-refractivity contribution in [3.8, 4) is 0 Å². The SMILES string of the molecule is O=C(CS(=O)(=O)Cc1ccc(Cl)s1)N1CCCCCC1. The van der Waals surface area contributed by atoms with Crippen LogP contribution in [-0.2, 0) is 20.4 Å². The summed E-state index contributed by atoms with van der Waals surface area (Å²) in [7, 11) is -3.42. The first-order valence-electron chi connectivity index (χ1n) is 6.69. The summed E-state index contributed by atoms with van der Waals surface area (Å²) in [6, 6.07) is 3.37. The Bertz CT molecular complexity index is 560. The number of rotatable bonds is 4. The maximum absolute atomic E-state index is 12.1. The van der Waals surface area contributed by atoms with Crippen LogP contribution >= 0.6 is 22.9 Å². The minimum atomic E-state index is -3.42. The van der Waals surface area contributed by atoms with Gasteiger partial charge in [-0.2, -0.15) is 0 Å². The highest BCUT2D eigenvalue weighted by molar-refractivity contribution is 7.91. The fraction of sp³-hybridized carbons (Fsp3) is 0.615. The van der Waals surface area contributed by atoms with Gasteiger partial charge in [0.25, 0.3) is 0 Å². The lowest BCUT2D eigenvalue weighted by Crippen LogP contribution is -2.36. The molecule has 0 saturated carbocycles. The largest absolute Gasteiger partial charge is 0.342 e. The van der Waals surface area contributed by atoms with E-state index in [9.17, 15) is 13.2 Å². The van der Waals surface area contributed by atoms with Crippen molar-refractivity contribution in [3.05, 3.63) is 21.3 Å². The molecule has 7 heteroatoms. The molecule has 20 heavy (non-hydrogen) atoms. The summed E-state index contributed by atoms with van der Waals surface area (Å²) >= 11 is 7.03. The zero-order valence-electron chi connectivity index (χ0n) is 11.2. The summed E-state index contributed by atoms with van der Waals surface area (Å²) in [5.41, 5.74) is 0. The van der Waals surface area contributed by atoms with Crippen LogP contribution in [0.3, 0.4) is 0 Å². The van der Waals surface area contributed by atoms with E-state index in [2.05, 4.69) is 0 Å². The number of amides is 1. The van der Waals surface area contributed by atoms with Crippen molar-refractivity contribution >= 4 is 38.7 Å². The van der Waals surface area contributed by atoms with Crippen molar-refractivity contribution in [3.63, 3.8) is 0 Å². The molecule has 0 aliphatic carbocycles. The number of hydrogen-bond donors (Lipinski definition) is 0. The van der Waals surface area contributed by atoms with Gasteiger partial charge in [0.15, 0.2) is 9.84 Å².